The van der Waals surface area contributed by atoms with E-state index in [1.165, 1.54) is 22.3 Å². The number of rotatable bonds is 14. The third kappa shape index (κ3) is 9.04. The van der Waals surface area contributed by atoms with Crippen LogP contribution in [0.2, 0.25) is 0 Å². The van der Waals surface area contributed by atoms with Gasteiger partial charge < -0.3 is 9.47 Å². The van der Waals surface area contributed by atoms with E-state index in [0.29, 0.717) is 13.2 Å². The summed E-state index contributed by atoms with van der Waals surface area (Å²) in [5, 5.41) is 0. The van der Waals surface area contributed by atoms with Gasteiger partial charge in [-0.3, -0.25) is 0 Å². The van der Waals surface area contributed by atoms with Gasteiger partial charge in [0.05, 0.1) is 13.2 Å². The summed E-state index contributed by atoms with van der Waals surface area (Å²) >= 11 is 0. The zero-order valence-electron chi connectivity index (χ0n) is 23.3. The minimum Gasteiger partial charge on any atom is -0.493 e. The number of aryl methyl sites for hydroxylation is 3. The standard InChI is InChI=1S/C37H40O2/c1-3-13-30-20-22-33(23-21-30)24-25-35-29-36(38-26-11-18-31-14-7-5-8-15-31)34(4-2)28-37(35)39-27-12-19-32-16-9-6-10-17-32/h3,5-10,13-17,20-25,28-29H,4,11-12,18-19,26-27H2,1-2H3. The Bertz CT molecular complexity index is 1320. The fourth-order valence-corrected chi connectivity index (χ4v) is 4.59. The number of allylic oxidation sites excluding steroid dienone is 1. The first kappa shape index (κ1) is 28.0. The third-order valence-electron chi connectivity index (χ3n) is 6.75. The molecule has 2 nitrogen and oxygen atoms in total. The lowest BCUT2D eigenvalue weighted by Gasteiger charge is -2.16. The predicted octanol–water partition coefficient (Wildman–Crippen LogP) is 9.48. The molecule has 4 rings (SSSR count). The van der Waals surface area contributed by atoms with Gasteiger partial charge in [-0.2, -0.15) is 0 Å². The maximum Gasteiger partial charge on any atom is 0.127 e. The van der Waals surface area contributed by atoms with Crippen LogP contribution in [0.1, 0.15) is 60.1 Å². The number of benzene rings is 4. The van der Waals surface area contributed by atoms with E-state index in [2.05, 4.69) is 128 Å². The lowest BCUT2D eigenvalue weighted by Crippen LogP contribution is -2.05. The highest BCUT2D eigenvalue weighted by molar-refractivity contribution is 5.74. The van der Waals surface area contributed by atoms with Crippen molar-refractivity contribution in [3.05, 3.63) is 137 Å². The number of hydrogen-bond acceptors (Lipinski definition) is 2. The normalized spacial score (nSPS) is 11.3. The van der Waals surface area contributed by atoms with Crippen molar-refractivity contribution in [2.75, 3.05) is 13.2 Å². The first-order valence-corrected chi connectivity index (χ1v) is 14.2. The average molecular weight is 517 g/mol. The van der Waals surface area contributed by atoms with Crippen molar-refractivity contribution in [2.45, 2.75) is 46.0 Å². The fourth-order valence-electron chi connectivity index (χ4n) is 4.59. The van der Waals surface area contributed by atoms with E-state index in [-0.39, 0.29) is 0 Å². The molecule has 0 saturated heterocycles. The average Bonchev–Trinajstić information content (AvgIpc) is 2.99. The van der Waals surface area contributed by atoms with Gasteiger partial charge in [-0.1, -0.05) is 116 Å². The molecule has 4 aromatic rings. The highest BCUT2D eigenvalue weighted by Gasteiger charge is 2.11. The smallest absolute Gasteiger partial charge is 0.127 e. The van der Waals surface area contributed by atoms with Crippen molar-refractivity contribution in [3.63, 3.8) is 0 Å². The van der Waals surface area contributed by atoms with Crippen LogP contribution in [0.15, 0.2) is 103 Å². The minimum absolute atomic E-state index is 0.675. The Morgan fingerprint density at radius 1 is 0.590 bits per heavy atom. The molecule has 0 aromatic heterocycles. The van der Waals surface area contributed by atoms with E-state index in [4.69, 9.17) is 9.47 Å². The Kier molecular flexibility index (Phi) is 11.0. The van der Waals surface area contributed by atoms with Gasteiger partial charge in [0, 0.05) is 5.56 Å². The van der Waals surface area contributed by atoms with E-state index in [1.807, 2.05) is 6.92 Å². The SMILES string of the molecule is CC=Cc1ccc(C=Cc2cc(OCCCc3ccccc3)c(CC)cc2OCCCc2ccccc2)cc1. The van der Waals surface area contributed by atoms with E-state index in [9.17, 15) is 0 Å². The Balaban J connectivity index is 1.47. The third-order valence-corrected chi connectivity index (χ3v) is 6.75. The molecule has 0 fully saturated rings. The van der Waals surface area contributed by atoms with Crippen molar-refractivity contribution < 1.29 is 9.47 Å². The summed E-state index contributed by atoms with van der Waals surface area (Å²) in [6, 6.07) is 34.1. The summed E-state index contributed by atoms with van der Waals surface area (Å²) < 4.78 is 12.7. The summed E-state index contributed by atoms with van der Waals surface area (Å²) in [5.74, 6) is 1.86. The quantitative estimate of drug-likeness (QED) is 0.123. The highest BCUT2D eigenvalue weighted by atomic mass is 16.5. The molecule has 0 aliphatic heterocycles. The van der Waals surface area contributed by atoms with E-state index >= 15 is 0 Å². The first-order valence-electron chi connectivity index (χ1n) is 14.2. The summed E-state index contributed by atoms with van der Waals surface area (Å²) in [4.78, 5) is 0. The van der Waals surface area contributed by atoms with Gasteiger partial charge in [0.15, 0.2) is 0 Å². The molecule has 0 heterocycles. The molecule has 0 amide bonds. The Morgan fingerprint density at radius 2 is 1.13 bits per heavy atom. The van der Waals surface area contributed by atoms with Crippen LogP contribution in [0.4, 0.5) is 0 Å². The molecule has 0 saturated carbocycles. The molecule has 0 aliphatic carbocycles. The van der Waals surface area contributed by atoms with Crippen molar-refractivity contribution in [1.82, 2.24) is 0 Å². The van der Waals surface area contributed by atoms with Crippen LogP contribution in [0, 0.1) is 0 Å². The molecule has 0 aliphatic rings. The first-order chi connectivity index (χ1) is 19.2. The molecule has 0 spiro atoms. The lowest BCUT2D eigenvalue weighted by atomic mass is 10.0. The lowest BCUT2D eigenvalue weighted by molar-refractivity contribution is 0.299. The van der Waals surface area contributed by atoms with Crippen LogP contribution >= 0.6 is 0 Å². The summed E-state index contributed by atoms with van der Waals surface area (Å²) in [7, 11) is 0. The van der Waals surface area contributed by atoms with Crippen LogP contribution in [0.3, 0.4) is 0 Å². The van der Waals surface area contributed by atoms with Crippen LogP contribution in [-0.4, -0.2) is 13.2 Å². The van der Waals surface area contributed by atoms with Crippen molar-refractivity contribution in [1.29, 1.82) is 0 Å². The predicted molar refractivity (Wildman–Crippen MR) is 166 cm³/mol. The van der Waals surface area contributed by atoms with Crippen LogP contribution in [0.25, 0.3) is 18.2 Å². The minimum atomic E-state index is 0.675. The second-order valence-electron chi connectivity index (χ2n) is 9.73. The maximum absolute atomic E-state index is 6.36. The number of hydrogen-bond donors (Lipinski definition) is 0. The van der Waals surface area contributed by atoms with Gasteiger partial charge in [0.25, 0.3) is 0 Å². The Labute approximate surface area is 234 Å². The Morgan fingerprint density at radius 3 is 1.67 bits per heavy atom. The van der Waals surface area contributed by atoms with Gasteiger partial charge in [-0.15, -0.1) is 0 Å². The van der Waals surface area contributed by atoms with Gasteiger partial charge >= 0.3 is 0 Å². The highest BCUT2D eigenvalue weighted by Crippen LogP contribution is 2.32. The molecular formula is C37H40O2. The molecule has 0 radical (unpaired) electrons. The van der Waals surface area contributed by atoms with Gasteiger partial charge in [-0.05, 0) is 79.0 Å². The van der Waals surface area contributed by atoms with E-state index in [1.54, 1.807) is 0 Å². The molecule has 4 aromatic carbocycles. The van der Waals surface area contributed by atoms with Crippen LogP contribution in [0.5, 0.6) is 11.5 Å². The van der Waals surface area contributed by atoms with E-state index < -0.39 is 0 Å². The molecule has 39 heavy (non-hydrogen) atoms. The van der Waals surface area contributed by atoms with E-state index in [0.717, 1.165) is 54.7 Å². The second kappa shape index (κ2) is 15.4. The molecular weight excluding hydrogens is 476 g/mol. The molecule has 2 heteroatoms. The largest absolute Gasteiger partial charge is 0.493 e. The topological polar surface area (TPSA) is 18.5 Å². The van der Waals surface area contributed by atoms with Crippen molar-refractivity contribution >= 4 is 18.2 Å². The number of ether oxygens (including phenoxy) is 2. The maximum atomic E-state index is 6.36. The summed E-state index contributed by atoms with van der Waals surface area (Å²) in [6.45, 7) is 5.58. The zero-order valence-corrected chi connectivity index (χ0v) is 23.3. The zero-order chi connectivity index (χ0) is 27.1. The summed E-state index contributed by atoms with van der Waals surface area (Å²) in [6.07, 6.45) is 13.3. The second-order valence-corrected chi connectivity index (χ2v) is 9.73. The van der Waals surface area contributed by atoms with Gasteiger partial charge in [0.1, 0.15) is 11.5 Å². The van der Waals surface area contributed by atoms with Crippen LogP contribution in [-0.2, 0) is 19.3 Å². The fraction of sp³-hybridized carbons (Fsp3) is 0.243. The van der Waals surface area contributed by atoms with Gasteiger partial charge in [0.2, 0.25) is 0 Å². The molecule has 0 N–H and O–H groups in total. The molecule has 0 unspecified atom stereocenters. The Hall–Kier alpha value is -4.04. The van der Waals surface area contributed by atoms with Crippen LogP contribution < -0.4 is 9.47 Å². The summed E-state index contributed by atoms with van der Waals surface area (Å²) in [5.41, 5.74) is 7.28. The van der Waals surface area contributed by atoms with Gasteiger partial charge in [-0.25, -0.2) is 0 Å². The van der Waals surface area contributed by atoms with Crippen molar-refractivity contribution in [3.8, 4) is 11.5 Å². The molecule has 200 valence electrons. The molecule has 0 atom stereocenters. The van der Waals surface area contributed by atoms with Crippen molar-refractivity contribution in [2.24, 2.45) is 0 Å². The monoisotopic (exact) mass is 516 g/mol. The molecule has 0 bridgehead atoms.